The molecule has 0 heterocycles. The summed E-state index contributed by atoms with van der Waals surface area (Å²) >= 11 is 0. The Morgan fingerprint density at radius 3 is 1.43 bits per heavy atom. The largest absolute Gasteiger partial charge is 0.756 e. The molecule has 1 amide bonds. The summed E-state index contributed by atoms with van der Waals surface area (Å²) in [6.07, 6.45) is 58.8. The number of hydrogen-bond donors (Lipinski definition) is 2. The van der Waals surface area contributed by atoms with Crippen LogP contribution in [0.1, 0.15) is 129 Å². The SMILES string of the molecule is CC/C=C\C/C=C\C/C=C\C/C=C\C/C=C\C/C=C\C/C=C\C/C=C\C/C=C\C/C=C\CCCCC(=O)NC(COP(=O)([O-])OCC[N+](C)(C)C)C(O)CCCCC. The van der Waals surface area contributed by atoms with E-state index in [0.29, 0.717) is 30.3 Å². The second-order valence-corrected chi connectivity index (χ2v) is 16.7. The van der Waals surface area contributed by atoms with Gasteiger partial charge in [-0.1, -0.05) is 155 Å². The Hall–Kier alpha value is -3.10. The number of allylic oxidation sites excluding steroid dienone is 20. The minimum Gasteiger partial charge on any atom is -0.756 e. The molecule has 0 rings (SSSR count). The Bertz CT molecular complexity index is 1350. The first-order valence-electron chi connectivity index (χ1n) is 21.9. The van der Waals surface area contributed by atoms with Gasteiger partial charge in [-0.05, 0) is 89.9 Å². The van der Waals surface area contributed by atoms with Crippen molar-refractivity contribution >= 4 is 13.7 Å². The first-order chi connectivity index (χ1) is 28.0. The fourth-order valence-electron chi connectivity index (χ4n) is 5.24. The molecule has 0 aromatic carbocycles. The van der Waals surface area contributed by atoms with E-state index in [1.807, 2.05) is 21.1 Å². The van der Waals surface area contributed by atoms with Crippen LogP contribution in [0.5, 0.6) is 0 Å². The maximum absolute atomic E-state index is 12.7. The third-order valence-electron chi connectivity index (χ3n) is 8.71. The lowest BCUT2D eigenvalue weighted by atomic mass is 10.0. The Labute approximate surface area is 354 Å². The fraction of sp³-hybridized carbons (Fsp3) is 0.571. The number of nitrogens with one attached hydrogen (secondary N) is 1. The number of aliphatic hydroxyl groups excluding tert-OH is 1. The fourth-order valence-corrected chi connectivity index (χ4v) is 5.96. The van der Waals surface area contributed by atoms with Crippen molar-refractivity contribution in [3.63, 3.8) is 0 Å². The molecule has 0 bridgehead atoms. The highest BCUT2D eigenvalue weighted by Crippen LogP contribution is 2.38. The monoisotopic (exact) mass is 825 g/mol. The van der Waals surface area contributed by atoms with E-state index >= 15 is 0 Å². The highest BCUT2D eigenvalue weighted by Gasteiger charge is 2.24. The number of nitrogens with zero attached hydrogens (tertiary/aromatic N) is 1. The summed E-state index contributed by atoms with van der Waals surface area (Å²) in [7, 11) is 1.24. The van der Waals surface area contributed by atoms with Crippen molar-refractivity contribution < 1.29 is 32.9 Å². The second-order valence-electron chi connectivity index (χ2n) is 15.3. The number of phosphoric ester groups is 1. The van der Waals surface area contributed by atoms with E-state index in [0.717, 1.165) is 96.3 Å². The lowest BCUT2D eigenvalue weighted by Gasteiger charge is -2.30. The number of carbonyl (C=O) groups is 1. The molecular formula is C49H81N2O6P. The third kappa shape index (κ3) is 41.1. The maximum atomic E-state index is 12.7. The summed E-state index contributed by atoms with van der Waals surface area (Å²) in [5, 5.41) is 13.5. The molecule has 0 aliphatic rings. The Morgan fingerprint density at radius 2 is 1.03 bits per heavy atom. The Morgan fingerprint density at radius 1 is 0.621 bits per heavy atom. The van der Waals surface area contributed by atoms with Crippen LogP contribution in [0, 0.1) is 0 Å². The van der Waals surface area contributed by atoms with E-state index < -0.39 is 20.0 Å². The number of amides is 1. The molecule has 3 atom stereocenters. The molecule has 0 radical (unpaired) electrons. The predicted octanol–water partition coefficient (Wildman–Crippen LogP) is 11.7. The number of hydrogen-bond acceptors (Lipinski definition) is 6. The van der Waals surface area contributed by atoms with Gasteiger partial charge in [0.1, 0.15) is 13.2 Å². The lowest BCUT2D eigenvalue weighted by molar-refractivity contribution is -0.870. The number of rotatable bonds is 37. The van der Waals surface area contributed by atoms with E-state index in [2.05, 4.69) is 141 Å². The number of likely N-dealkylation sites (N-methyl/N-ethyl adjacent to an activating group) is 1. The molecule has 0 aliphatic heterocycles. The van der Waals surface area contributed by atoms with Gasteiger partial charge in [-0.3, -0.25) is 9.36 Å². The molecule has 328 valence electrons. The summed E-state index contributed by atoms with van der Waals surface area (Å²) in [4.78, 5) is 24.9. The highest BCUT2D eigenvalue weighted by molar-refractivity contribution is 7.45. The van der Waals surface area contributed by atoms with Gasteiger partial charge in [-0.15, -0.1) is 0 Å². The van der Waals surface area contributed by atoms with Gasteiger partial charge in [0.05, 0.1) is 39.9 Å². The zero-order valence-corrected chi connectivity index (χ0v) is 37.8. The number of carbonyl (C=O) groups excluding carboxylic acids is 1. The summed E-state index contributed by atoms with van der Waals surface area (Å²) in [6.45, 7) is 4.35. The van der Waals surface area contributed by atoms with Crippen LogP contribution in [-0.4, -0.2) is 68.5 Å². The topological polar surface area (TPSA) is 108 Å². The minimum atomic E-state index is -4.56. The van der Waals surface area contributed by atoms with Crippen molar-refractivity contribution in [2.24, 2.45) is 0 Å². The first-order valence-corrected chi connectivity index (χ1v) is 23.3. The highest BCUT2D eigenvalue weighted by atomic mass is 31.2. The molecule has 0 fully saturated rings. The van der Waals surface area contributed by atoms with Gasteiger partial charge in [-0.2, -0.15) is 0 Å². The maximum Gasteiger partial charge on any atom is 0.268 e. The summed E-state index contributed by atoms with van der Waals surface area (Å²) in [5.41, 5.74) is 0. The number of quaternary nitrogens is 1. The molecular weight excluding hydrogens is 744 g/mol. The van der Waals surface area contributed by atoms with Gasteiger partial charge in [0.25, 0.3) is 7.82 Å². The van der Waals surface area contributed by atoms with E-state index in [4.69, 9.17) is 9.05 Å². The van der Waals surface area contributed by atoms with Crippen molar-refractivity contribution in [2.75, 3.05) is 40.9 Å². The number of unbranched alkanes of at least 4 members (excludes halogenated alkanes) is 4. The average molecular weight is 825 g/mol. The molecule has 2 N–H and O–H groups in total. The number of aliphatic hydroxyl groups is 1. The van der Waals surface area contributed by atoms with Gasteiger partial charge in [0, 0.05) is 6.42 Å². The van der Waals surface area contributed by atoms with Crippen LogP contribution in [0.25, 0.3) is 0 Å². The van der Waals surface area contributed by atoms with Gasteiger partial charge in [0.15, 0.2) is 0 Å². The van der Waals surface area contributed by atoms with E-state index in [-0.39, 0.29) is 19.1 Å². The molecule has 0 aliphatic carbocycles. The average Bonchev–Trinajstić information content (AvgIpc) is 3.17. The van der Waals surface area contributed by atoms with Gasteiger partial charge >= 0.3 is 0 Å². The summed E-state index contributed by atoms with van der Waals surface area (Å²) in [6, 6.07) is -0.828. The van der Waals surface area contributed by atoms with Gasteiger partial charge in [-0.25, -0.2) is 0 Å². The molecule has 9 heteroatoms. The van der Waals surface area contributed by atoms with Crippen LogP contribution >= 0.6 is 7.82 Å². The molecule has 8 nitrogen and oxygen atoms in total. The van der Waals surface area contributed by atoms with Crippen molar-refractivity contribution in [1.29, 1.82) is 0 Å². The molecule has 0 saturated carbocycles. The summed E-state index contributed by atoms with van der Waals surface area (Å²) in [5.74, 6) is -0.227. The smallest absolute Gasteiger partial charge is 0.268 e. The third-order valence-corrected chi connectivity index (χ3v) is 9.68. The van der Waals surface area contributed by atoms with E-state index in [9.17, 15) is 19.4 Å². The van der Waals surface area contributed by atoms with Crippen LogP contribution < -0.4 is 10.2 Å². The van der Waals surface area contributed by atoms with Crippen LogP contribution in [0.2, 0.25) is 0 Å². The van der Waals surface area contributed by atoms with Crippen molar-refractivity contribution in [3.8, 4) is 0 Å². The zero-order chi connectivity index (χ0) is 42.8. The Kier molecular flexibility index (Phi) is 37.3. The lowest BCUT2D eigenvalue weighted by Crippen LogP contribution is -2.46. The van der Waals surface area contributed by atoms with Crippen molar-refractivity contribution in [2.45, 2.75) is 142 Å². The minimum absolute atomic E-state index is 0.00578. The van der Waals surface area contributed by atoms with Crippen molar-refractivity contribution in [3.05, 3.63) is 122 Å². The van der Waals surface area contributed by atoms with Crippen molar-refractivity contribution in [1.82, 2.24) is 5.32 Å². The second kappa shape index (κ2) is 39.4. The molecule has 0 saturated heterocycles. The Balaban J connectivity index is 4.08. The van der Waals surface area contributed by atoms with Crippen LogP contribution in [-0.2, 0) is 18.4 Å². The standard InChI is InChI=1S/C49H81N2O6P/c1-6-8-10-11-12-13-14-15-16-17-18-19-20-21-22-23-24-25-26-27-28-29-30-31-32-33-34-35-36-37-38-39-41-43-49(53)50-47(48(52)42-40-9-7-2)46-57-58(54,55)56-45-44-51(3,4)5/h8,10,12-13,15-16,18-19,21-22,24-25,27-28,30-31,33-34,36-37,47-48,52H,6-7,9,11,14,17,20,23,26,29,32,35,38-46H2,1-5H3,(H-,50,53,54,55)/b10-8-,13-12-,16-15-,19-18-,22-21-,25-24-,28-27-,31-30-,34-33-,37-36-. The molecule has 0 aromatic rings. The molecule has 58 heavy (non-hydrogen) atoms. The zero-order valence-electron chi connectivity index (χ0n) is 36.9. The summed E-state index contributed by atoms with van der Waals surface area (Å²) < 4.78 is 22.9. The molecule has 0 spiro atoms. The molecule has 0 aromatic heterocycles. The van der Waals surface area contributed by atoms with E-state index in [1.165, 1.54) is 0 Å². The number of phosphoric acid groups is 1. The van der Waals surface area contributed by atoms with Crippen LogP contribution in [0.4, 0.5) is 0 Å². The van der Waals surface area contributed by atoms with Gasteiger partial charge in [0.2, 0.25) is 5.91 Å². The van der Waals surface area contributed by atoms with E-state index in [1.54, 1.807) is 0 Å². The normalized spacial score (nSPS) is 15.5. The first kappa shape index (κ1) is 54.9. The van der Waals surface area contributed by atoms with Gasteiger partial charge < -0.3 is 28.8 Å². The predicted molar refractivity (Wildman–Crippen MR) is 246 cm³/mol. The van der Waals surface area contributed by atoms with Crippen LogP contribution in [0.15, 0.2) is 122 Å². The van der Waals surface area contributed by atoms with Crippen LogP contribution in [0.3, 0.4) is 0 Å². The quantitative estimate of drug-likeness (QED) is 0.0280. The molecule has 3 unspecified atom stereocenters.